The summed E-state index contributed by atoms with van der Waals surface area (Å²) >= 11 is 0. The number of hydrogen-bond acceptors (Lipinski definition) is 4. The molecule has 6 atom stereocenters. The van der Waals surface area contributed by atoms with Crippen molar-refractivity contribution in [2.45, 2.75) is 38.5 Å². The predicted octanol–water partition coefficient (Wildman–Crippen LogP) is 4.95. The Balaban J connectivity index is 1.21. The molecule has 2 aliphatic heterocycles. The maximum atomic E-state index is 14.4. The summed E-state index contributed by atoms with van der Waals surface area (Å²) < 4.78 is 0. The molecule has 3 fully saturated rings. The van der Waals surface area contributed by atoms with Gasteiger partial charge in [0.05, 0.1) is 29.4 Å². The number of allylic oxidation sites excluding steroid dienone is 2. The van der Waals surface area contributed by atoms with Gasteiger partial charge in [0, 0.05) is 29.2 Å². The fraction of sp³-hybridized carbons (Fsp3) is 0.351. The van der Waals surface area contributed by atoms with E-state index in [1.165, 1.54) is 44.7 Å². The third kappa shape index (κ3) is 2.46. The fourth-order valence-electron chi connectivity index (χ4n) is 10.7. The van der Waals surface area contributed by atoms with Crippen molar-refractivity contribution in [2.75, 3.05) is 11.9 Å². The van der Waals surface area contributed by atoms with Crippen LogP contribution < -0.4 is 4.90 Å². The van der Waals surface area contributed by atoms with Crippen molar-refractivity contribution >= 4 is 29.3 Å². The summed E-state index contributed by atoms with van der Waals surface area (Å²) in [6, 6.07) is 23.3. The number of likely N-dealkylation sites (tertiary alicyclic amines) is 1. The lowest BCUT2D eigenvalue weighted by molar-refractivity contribution is -0.146. The fourth-order valence-corrected chi connectivity index (χ4v) is 10.7. The van der Waals surface area contributed by atoms with Crippen molar-refractivity contribution in [3.8, 4) is 0 Å². The molecule has 4 amide bonds. The van der Waals surface area contributed by atoms with Crippen LogP contribution in [0.3, 0.4) is 0 Å². The molecule has 0 aromatic heterocycles. The van der Waals surface area contributed by atoms with Crippen molar-refractivity contribution in [1.82, 2.24) is 4.90 Å². The number of carbonyl (C=O) groups is 4. The second-order valence-electron chi connectivity index (χ2n) is 14.1. The number of anilines is 1. The van der Waals surface area contributed by atoms with E-state index in [0.717, 1.165) is 11.1 Å². The van der Waals surface area contributed by atoms with Gasteiger partial charge in [-0.25, -0.2) is 4.90 Å². The summed E-state index contributed by atoms with van der Waals surface area (Å²) in [7, 11) is 1.52. The van der Waals surface area contributed by atoms with Gasteiger partial charge < -0.3 is 0 Å². The third-order valence-corrected chi connectivity index (χ3v) is 12.4. The van der Waals surface area contributed by atoms with Gasteiger partial charge >= 0.3 is 0 Å². The maximum Gasteiger partial charge on any atom is 0.238 e. The van der Waals surface area contributed by atoms with Crippen LogP contribution in [0.1, 0.15) is 61.1 Å². The van der Waals surface area contributed by atoms with Crippen LogP contribution in [0.4, 0.5) is 5.69 Å². The first-order chi connectivity index (χ1) is 20.5. The normalized spacial score (nSPS) is 37.7. The van der Waals surface area contributed by atoms with Crippen LogP contribution in [0.15, 0.2) is 78.4 Å². The molecule has 2 heterocycles. The van der Waals surface area contributed by atoms with Crippen molar-refractivity contribution in [1.29, 1.82) is 0 Å². The van der Waals surface area contributed by atoms with Crippen LogP contribution in [0, 0.1) is 35.0 Å². The van der Waals surface area contributed by atoms with Gasteiger partial charge in [-0.1, -0.05) is 73.2 Å². The molecule has 6 heteroatoms. The number of amides is 4. The first kappa shape index (κ1) is 25.2. The second-order valence-corrected chi connectivity index (χ2v) is 14.1. The molecule has 214 valence electrons. The smallest absolute Gasteiger partial charge is 0.238 e. The largest absolute Gasteiger partial charge is 0.285 e. The number of nitrogens with zero attached hydrogens (tertiary/aromatic N) is 2. The summed E-state index contributed by atoms with van der Waals surface area (Å²) in [5.74, 6) is -4.02. The molecule has 6 unspecified atom stereocenters. The van der Waals surface area contributed by atoms with E-state index in [-0.39, 0.29) is 29.0 Å². The Morgan fingerprint density at radius 3 is 1.65 bits per heavy atom. The second kappa shape index (κ2) is 7.42. The molecule has 1 saturated carbocycles. The van der Waals surface area contributed by atoms with E-state index in [2.05, 4.69) is 74.5 Å². The molecule has 3 aromatic rings. The Bertz CT molecular complexity index is 1890. The quantitative estimate of drug-likeness (QED) is 0.308. The summed E-state index contributed by atoms with van der Waals surface area (Å²) in [4.78, 5) is 58.1. The molecule has 6 aliphatic carbocycles. The highest BCUT2D eigenvalue weighted by Crippen LogP contribution is 2.66. The number of carbonyl (C=O) groups excluding carboxylic acids is 4. The lowest BCUT2D eigenvalue weighted by Crippen LogP contribution is -2.57. The highest BCUT2D eigenvalue weighted by atomic mass is 16.2. The van der Waals surface area contributed by atoms with E-state index in [1.54, 1.807) is 0 Å². The topological polar surface area (TPSA) is 74.8 Å². The Kier molecular flexibility index (Phi) is 4.35. The Morgan fingerprint density at radius 2 is 1.07 bits per heavy atom. The summed E-state index contributed by atoms with van der Waals surface area (Å²) in [6.07, 6.45) is 2.01. The minimum atomic E-state index is -0.905. The predicted molar refractivity (Wildman–Crippen MR) is 160 cm³/mol. The summed E-state index contributed by atoms with van der Waals surface area (Å²) in [6.45, 7) is 8.38. The van der Waals surface area contributed by atoms with Gasteiger partial charge in [0.1, 0.15) is 0 Å². The Morgan fingerprint density at radius 1 is 0.581 bits per heavy atom. The van der Waals surface area contributed by atoms with E-state index < -0.39 is 40.4 Å². The first-order valence-electron chi connectivity index (χ1n) is 15.2. The standard InChI is InChI=1S/C37H32N2O4/c1-18-17-35(2)29-27(31(40)38(5)33(29)42)26(18)28-30(35)34(43)39(32(28)41)19-14-15-24-25(16-19)37(4)22-12-8-6-10-20(22)36(24,3)21-11-7-9-13-23(21)37/h6-17,26-30H,1-5H3. The summed E-state index contributed by atoms with van der Waals surface area (Å²) in [5.41, 5.74) is 7.11. The molecule has 11 rings (SSSR count). The first-order valence-corrected chi connectivity index (χ1v) is 15.2. The molecule has 4 bridgehead atoms. The van der Waals surface area contributed by atoms with E-state index in [1.807, 2.05) is 26.0 Å². The van der Waals surface area contributed by atoms with Gasteiger partial charge in [0.15, 0.2) is 0 Å². The van der Waals surface area contributed by atoms with Gasteiger partial charge in [0.25, 0.3) is 0 Å². The van der Waals surface area contributed by atoms with Crippen LogP contribution in [0.2, 0.25) is 0 Å². The molecule has 8 aliphatic rings. The third-order valence-electron chi connectivity index (χ3n) is 12.4. The van der Waals surface area contributed by atoms with Crippen molar-refractivity contribution in [3.05, 3.63) is 112 Å². The maximum absolute atomic E-state index is 14.4. The molecule has 6 nitrogen and oxygen atoms in total. The highest BCUT2D eigenvalue weighted by molar-refractivity contribution is 6.24. The highest BCUT2D eigenvalue weighted by Gasteiger charge is 2.73. The molecular formula is C37H32N2O4. The molecule has 0 spiro atoms. The van der Waals surface area contributed by atoms with Gasteiger partial charge in [-0.2, -0.15) is 0 Å². The molecule has 0 radical (unpaired) electrons. The zero-order valence-electron chi connectivity index (χ0n) is 24.8. The van der Waals surface area contributed by atoms with E-state index in [9.17, 15) is 19.2 Å². The SMILES string of the molecule is CC1=CC2(C)C3C(=O)N(C)C(=O)C3C1C1C(=O)N(c3ccc4c(c3)C3(C)c5ccccc5C4(C)c4ccccc43)C(=O)C12. The van der Waals surface area contributed by atoms with Crippen LogP contribution >= 0.6 is 0 Å². The van der Waals surface area contributed by atoms with Crippen LogP contribution in [-0.2, 0) is 30.0 Å². The Hall–Kier alpha value is -4.32. The van der Waals surface area contributed by atoms with E-state index in [0.29, 0.717) is 5.69 Å². The van der Waals surface area contributed by atoms with Crippen molar-refractivity contribution in [3.63, 3.8) is 0 Å². The average molecular weight is 569 g/mol. The number of benzene rings is 3. The van der Waals surface area contributed by atoms with Crippen LogP contribution in [-0.4, -0.2) is 35.6 Å². The molecule has 43 heavy (non-hydrogen) atoms. The van der Waals surface area contributed by atoms with Crippen molar-refractivity contribution < 1.29 is 19.2 Å². The molecule has 2 saturated heterocycles. The lowest BCUT2D eigenvalue weighted by Gasteiger charge is -2.54. The molecule has 0 N–H and O–H groups in total. The van der Waals surface area contributed by atoms with Gasteiger partial charge in [-0.3, -0.25) is 24.1 Å². The van der Waals surface area contributed by atoms with E-state index in [4.69, 9.17) is 0 Å². The average Bonchev–Trinajstić information content (AvgIpc) is 3.41. The number of imide groups is 2. The van der Waals surface area contributed by atoms with Crippen LogP contribution in [0.5, 0.6) is 0 Å². The zero-order valence-corrected chi connectivity index (χ0v) is 24.8. The lowest BCUT2D eigenvalue weighted by atomic mass is 9.46. The number of hydrogen-bond donors (Lipinski definition) is 0. The van der Waals surface area contributed by atoms with Crippen LogP contribution in [0.25, 0.3) is 0 Å². The van der Waals surface area contributed by atoms with Gasteiger partial charge in [-0.15, -0.1) is 0 Å². The monoisotopic (exact) mass is 568 g/mol. The number of rotatable bonds is 1. The Labute approximate surface area is 250 Å². The molecular weight excluding hydrogens is 536 g/mol. The minimum Gasteiger partial charge on any atom is -0.285 e. The zero-order chi connectivity index (χ0) is 30.0. The van der Waals surface area contributed by atoms with Gasteiger partial charge in [0.2, 0.25) is 23.6 Å². The molecule has 3 aromatic carbocycles. The van der Waals surface area contributed by atoms with E-state index >= 15 is 0 Å². The van der Waals surface area contributed by atoms with Gasteiger partial charge in [-0.05, 0) is 66.3 Å². The minimum absolute atomic E-state index is 0.237. The van der Waals surface area contributed by atoms with Crippen molar-refractivity contribution in [2.24, 2.45) is 35.0 Å². The summed E-state index contributed by atoms with van der Waals surface area (Å²) in [5, 5.41) is 0.